The van der Waals surface area contributed by atoms with Crippen LogP contribution in [0.3, 0.4) is 0 Å². The molecule has 2 aromatic carbocycles. The highest BCUT2D eigenvalue weighted by Crippen LogP contribution is 2.15. The molecule has 0 aromatic heterocycles. The van der Waals surface area contributed by atoms with Gasteiger partial charge in [-0.25, -0.2) is 8.78 Å². The summed E-state index contributed by atoms with van der Waals surface area (Å²) >= 11 is 0. The number of hydrogen-bond donors (Lipinski definition) is 0. The smallest absolute Gasteiger partial charge is 0.246 e. The van der Waals surface area contributed by atoms with Crippen LogP contribution >= 0.6 is 0 Å². The van der Waals surface area contributed by atoms with Crippen molar-refractivity contribution in [2.75, 3.05) is 26.2 Å². The average Bonchev–Trinajstić information content (AvgIpc) is 2.64. The lowest BCUT2D eigenvalue weighted by molar-refractivity contribution is -0.127. The SMILES string of the molecule is Cc1ccc(CN2CCN(C(=O)C=Cc3c(F)cccc3F)CC2)cc1. The maximum Gasteiger partial charge on any atom is 0.246 e. The summed E-state index contributed by atoms with van der Waals surface area (Å²) in [5, 5.41) is 0. The van der Waals surface area contributed by atoms with Crippen molar-refractivity contribution in [3.8, 4) is 0 Å². The molecule has 1 amide bonds. The Kier molecular flexibility index (Phi) is 5.78. The van der Waals surface area contributed by atoms with Crippen LogP contribution in [0.4, 0.5) is 8.78 Å². The molecule has 0 atom stereocenters. The van der Waals surface area contributed by atoms with Gasteiger partial charge in [0.1, 0.15) is 11.6 Å². The Morgan fingerprint density at radius 2 is 1.62 bits per heavy atom. The monoisotopic (exact) mass is 356 g/mol. The van der Waals surface area contributed by atoms with Gasteiger partial charge in [-0.05, 0) is 30.7 Å². The van der Waals surface area contributed by atoms with E-state index in [-0.39, 0.29) is 11.5 Å². The molecule has 1 fully saturated rings. The molecule has 0 saturated carbocycles. The van der Waals surface area contributed by atoms with Crippen LogP contribution in [0.1, 0.15) is 16.7 Å². The highest BCUT2D eigenvalue weighted by Gasteiger charge is 2.19. The fourth-order valence-electron chi connectivity index (χ4n) is 3.01. The number of amides is 1. The first kappa shape index (κ1) is 18.3. The Morgan fingerprint density at radius 1 is 1.00 bits per heavy atom. The van der Waals surface area contributed by atoms with Gasteiger partial charge < -0.3 is 4.90 Å². The Labute approximate surface area is 152 Å². The van der Waals surface area contributed by atoms with Gasteiger partial charge in [0.15, 0.2) is 0 Å². The van der Waals surface area contributed by atoms with E-state index in [4.69, 9.17) is 0 Å². The fourth-order valence-corrected chi connectivity index (χ4v) is 3.01. The number of benzene rings is 2. The summed E-state index contributed by atoms with van der Waals surface area (Å²) in [5.41, 5.74) is 2.31. The van der Waals surface area contributed by atoms with E-state index in [2.05, 4.69) is 36.1 Å². The van der Waals surface area contributed by atoms with Crippen LogP contribution in [0.15, 0.2) is 48.5 Å². The van der Waals surface area contributed by atoms with Crippen molar-refractivity contribution in [2.24, 2.45) is 0 Å². The van der Waals surface area contributed by atoms with Gasteiger partial charge >= 0.3 is 0 Å². The number of rotatable bonds is 4. The Balaban J connectivity index is 1.53. The van der Waals surface area contributed by atoms with Crippen molar-refractivity contribution in [3.05, 3.63) is 76.9 Å². The molecule has 0 spiro atoms. The number of carbonyl (C=O) groups excluding carboxylic acids is 1. The van der Waals surface area contributed by atoms with Gasteiger partial charge in [-0.3, -0.25) is 9.69 Å². The largest absolute Gasteiger partial charge is 0.337 e. The van der Waals surface area contributed by atoms with E-state index in [0.29, 0.717) is 13.1 Å². The molecule has 1 saturated heterocycles. The third kappa shape index (κ3) is 4.55. The quantitative estimate of drug-likeness (QED) is 0.781. The lowest BCUT2D eigenvalue weighted by Crippen LogP contribution is -2.47. The van der Waals surface area contributed by atoms with Crippen molar-refractivity contribution < 1.29 is 13.6 Å². The third-order valence-corrected chi connectivity index (χ3v) is 4.60. The molecule has 2 aromatic rings. The minimum atomic E-state index is -0.669. The van der Waals surface area contributed by atoms with Crippen molar-refractivity contribution in [1.29, 1.82) is 0 Å². The fraction of sp³-hybridized carbons (Fsp3) is 0.286. The number of piperazine rings is 1. The first-order valence-electron chi connectivity index (χ1n) is 8.72. The van der Waals surface area contributed by atoms with Crippen molar-refractivity contribution in [3.63, 3.8) is 0 Å². The zero-order chi connectivity index (χ0) is 18.5. The second-order valence-corrected chi connectivity index (χ2v) is 6.56. The van der Waals surface area contributed by atoms with Gasteiger partial charge in [-0.1, -0.05) is 35.9 Å². The van der Waals surface area contributed by atoms with Crippen LogP contribution in [0.2, 0.25) is 0 Å². The van der Waals surface area contributed by atoms with E-state index >= 15 is 0 Å². The molecule has 3 nitrogen and oxygen atoms in total. The highest BCUT2D eigenvalue weighted by molar-refractivity contribution is 5.91. The van der Waals surface area contributed by atoms with Gasteiger partial charge in [-0.15, -0.1) is 0 Å². The minimum Gasteiger partial charge on any atom is -0.337 e. The second-order valence-electron chi connectivity index (χ2n) is 6.56. The number of carbonyl (C=O) groups is 1. The normalized spacial score (nSPS) is 15.6. The predicted molar refractivity (Wildman–Crippen MR) is 98.4 cm³/mol. The van der Waals surface area contributed by atoms with E-state index in [0.717, 1.165) is 19.6 Å². The van der Waals surface area contributed by atoms with Crippen LogP contribution in [0.25, 0.3) is 6.08 Å². The van der Waals surface area contributed by atoms with Crippen LogP contribution in [0.5, 0.6) is 0 Å². The summed E-state index contributed by atoms with van der Waals surface area (Å²) in [7, 11) is 0. The van der Waals surface area contributed by atoms with E-state index < -0.39 is 11.6 Å². The molecule has 0 bridgehead atoms. The summed E-state index contributed by atoms with van der Waals surface area (Å²) in [6.45, 7) is 5.69. The summed E-state index contributed by atoms with van der Waals surface area (Å²) in [4.78, 5) is 16.3. The van der Waals surface area contributed by atoms with Crippen LogP contribution in [0, 0.1) is 18.6 Å². The molecule has 1 aliphatic heterocycles. The molecule has 0 unspecified atom stereocenters. The molecular formula is C21H22F2N2O. The molecule has 5 heteroatoms. The topological polar surface area (TPSA) is 23.6 Å². The van der Waals surface area contributed by atoms with Crippen molar-refractivity contribution in [1.82, 2.24) is 9.80 Å². The maximum atomic E-state index is 13.6. The second kappa shape index (κ2) is 8.23. The van der Waals surface area contributed by atoms with E-state index in [1.807, 2.05) is 0 Å². The molecule has 0 N–H and O–H groups in total. The Bertz CT molecular complexity index is 774. The number of halogens is 2. The van der Waals surface area contributed by atoms with E-state index in [9.17, 15) is 13.6 Å². The maximum absolute atomic E-state index is 13.6. The van der Waals surface area contributed by atoms with Gasteiger partial charge in [0.2, 0.25) is 5.91 Å². The van der Waals surface area contributed by atoms with Crippen LogP contribution in [-0.2, 0) is 11.3 Å². The first-order valence-corrected chi connectivity index (χ1v) is 8.72. The van der Waals surface area contributed by atoms with Crippen LogP contribution in [-0.4, -0.2) is 41.9 Å². The minimum absolute atomic E-state index is 0.182. The number of nitrogens with zero attached hydrogens (tertiary/aromatic N) is 2. The van der Waals surface area contributed by atoms with Crippen molar-refractivity contribution >= 4 is 12.0 Å². The molecular weight excluding hydrogens is 334 g/mol. The molecule has 1 aliphatic rings. The summed E-state index contributed by atoms with van der Waals surface area (Å²) in [5.74, 6) is -1.56. The highest BCUT2D eigenvalue weighted by atomic mass is 19.1. The molecule has 3 rings (SSSR count). The zero-order valence-corrected chi connectivity index (χ0v) is 14.8. The number of aryl methyl sites for hydroxylation is 1. The van der Waals surface area contributed by atoms with E-state index in [1.165, 1.54) is 41.5 Å². The van der Waals surface area contributed by atoms with Gasteiger partial charge in [-0.2, -0.15) is 0 Å². The van der Waals surface area contributed by atoms with Gasteiger partial charge in [0, 0.05) is 44.4 Å². The summed E-state index contributed by atoms with van der Waals surface area (Å²) in [6, 6.07) is 12.1. The molecule has 26 heavy (non-hydrogen) atoms. The van der Waals surface area contributed by atoms with Gasteiger partial charge in [0.05, 0.1) is 0 Å². The predicted octanol–water partition coefficient (Wildman–Crippen LogP) is 3.63. The molecule has 1 heterocycles. The lowest BCUT2D eigenvalue weighted by Gasteiger charge is -2.34. The standard InChI is InChI=1S/C21H22F2N2O/c1-16-5-7-17(8-6-16)15-24-11-13-25(14-12-24)21(26)10-9-18-19(22)3-2-4-20(18)23/h2-10H,11-15H2,1H3. The summed E-state index contributed by atoms with van der Waals surface area (Å²) < 4.78 is 27.2. The Morgan fingerprint density at radius 3 is 2.23 bits per heavy atom. The Hall–Kier alpha value is -2.53. The molecule has 136 valence electrons. The van der Waals surface area contributed by atoms with E-state index in [1.54, 1.807) is 4.90 Å². The van der Waals surface area contributed by atoms with Gasteiger partial charge in [0.25, 0.3) is 0 Å². The van der Waals surface area contributed by atoms with Crippen LogP contribution < -0.4 is 0 Å². The average molecular weight is 356 g/mol. The zero-order valence-electron chi connectivity index (χ0n) is 14.8. The molecule has 0 aliphatic carbocycles. The first-order chi connectivity index (χ1) is 12.5. The van der Waals surface area contributed by atoms with Crippen molar-refractivity contribution in [2.45, 2.75) is 13.5 Å². The third-order valence-electron chi connectivity index (χ3n) is 4.60. The summed E-state index contributed by atoms with van der Waals surface area (Å²) in [6.07, 6.45) is 2.46. The molecule has 0 radical (unpaired) electrons. The lowest BCUT2D eigenvalue weighted by atomic mass is 10.1. The number of hydrogen-bond acceptors (Lipinski definition) is 2.